The number of aryl methyl sites for hydroxylation is 2. The second-order valence-corrected chi connectivity index (χ2v) is 4.42. The molecule has 18 heavy (non-hydrogen) atoms. The molecule has 2 rings (SSSR count). The topological polar surface area (TPSA) is 63.2 Å². The highest BCUT2D eigenvalue weighted by molar-refractivity contribution is 5.96. The van der Waals surface area contributed by atoms with Crippen molar-refractivity contribution in [1.29, 1.82) is 0 Å². The first-order valence-electron chi connectivity index (χ1n) is 5.94. The van der Waals surface area contributed by atoms with Crippen LogP contribution >= 0.6 is 0 Å². The van der Waals surface area contributed by atoms with Gasteiger partial charge in [-0.1, -0.05) is 0 Å². The van der Waals surface area contributed by atoms with Gasteiger partial charge in [0.2, 0.25) is 0 Å². The molecule has 2 heterocycles. The van der Waals surface area contributed by atoms with Crippen LogP contribution in [0.3, 0.4) is 0 Å². The number of hydrogen-bond donors (Lipinski definition) is 0. The van der Waals surface area contributed by atoms with Crippen LogP contribution in [0.1, 0.15) is 34.6 Å². The van der Waals surface area contributed by atoms with E-state index in [0.29, 0.717) is 42.9 Å². The van der Waals surface area contributed by atoms with Crippen molar-refractivity contribution < 1.29 is 9.59 Å². The average Bonchev–Trinajstić information content (AvgIpc) is 2.38. The van der Waals surface area contributed by atoms with Crippen molar-refractivity contribution in [1.82, 2.24) is 14.9 Å². The molecule has 1 aromatic heterocycles. The van der Waals surface area contributed by atoms with Gasteiger partial charge in [-0.05, 0) is 26.7 Å². The van der Waals surface area contributed by atoms with E-state index in [0.717, 1.165) is 5.57 Å². The summed E-state index contributed by atoms with van der Waals surface area (Å²) in [5.74, 6) is 1.88. The summed E-state index contributed by atoms with van der Waals surface area (Å²) in [6, 6.07) is 0. The van der Waals surface area contributed by atoms with Crippen molar-refractivity contribution in [3.8, 4) is 0 Å². The summed E-state index contributed by atoms with van der Waals surface area (Å²) in [7, 11) is 0. The highest BCUT2D eigenvalue weighted by Gasteiger charge is 2.24. The molecule has 0 N–H and O–H groups in total. The van der Waals surface area contributed by atoms with Crippen LogP contribution in [-0.4, -0.2) is 39.8 Å². The fourth-order valence-electron chi connectivity index (χ4n) is 2.14. The second-order valence-electron chi connectivity index (χ2n) is 4.42. The fraction of sp³-hybridized carbons (Fsp3) is 0.462. The maximum atomic E-state index is 12.4. The Hall–Kier alpha value is -2.00. The molecule has 5 nitrogen and oxygen atoms in total. The normalized spacial score (nSPS) is 15.4. The molecule has 1 saturated heterocycles. The SMILES string of the molecule is Cc1ncnc(C)c1C(=O)N1CCC(=C=O)CC1. The molecule has 1 fully saturated rings. The van der Waals surface area contributed by atoms with Crippen LogP contribution in [0.5, 0.6) is 0 Å². The van der Waals surface area contributed by atoms with Gasteiger partial charge in [0.15, 0.2) is 0 Å². The minimum absolute atomic E-state index is 0.0458. The Labute approximate surface area is 106 Å². The monoisotopic (exact) mass is 245 g/mol. The molecule has 94 valence electrons. The fourth-order valence-corrected chi connectivity index (χ4v) is 2.14. The Kier molecular flexibility index (Phi) is 3.53. The predicted octanol–water partition coefficient (Wildman–Crippen LogP) is 1.09. The van der Waals surface area contributed by atoms with E-state index in [4.69, 9.17) is 0 Å². The molecule has 0 spiro atoms. The Morgan fingerprint density at radius 2 is 1.78 bits per heavy atom. The van der Waals surface area contributed by atoms with Crippen molar-refractivity contribution in [2.45, 2.75) is 26.7 Å². The summed E-state index contributed by atoms with van der Waals surface area (Å²) in [4.78, 5) is 32.8. The standard InChI is InChI=1S/C13H15N3O2/c1-9-12(10(2)15-8-14-9)13(18)16-5-3-11(7-17)4-6-16/h8H,3-6H2,1-2H3. The van der Waals surface area contributed by atoms with Gasteiger partial charge in [-0.25, -0.2) is 14.8 Å². The summed E-state index contributed by atoms with van der Waals surface area (Å²) in [5.41, 5.74) is 2.74. The van der Waals surface area contributed by atoms with Crippen LogP contribution < -0.4 is 0 Å². The smallest absolute Gasteiger partial charge is 0.257 e. The molecule has 0 radical (unpaired) electrons. The Bertz CT molecular complexity index is 503. The molecule has 5 heteroatoms. The number of aromatic nitrogens is 2. The zero-order chi connectivity index (χ0) is 13.1. The number of nitrogens with zero attached hydrogens (tertiary/aromatic N) is 3. The minimum Gasteiger partial charge on any atom is -0.338 e. The molecular formula is C13H15N3O2. The molecule has 0 atom stereocenters. The largest absolute Gasteiger partial charge is 0.338 e. The molecule has 0 saturated carbocycles. The molecule has 0 unspecified atom stereocenters. The van der Waals surface area contributed by atoms with Crippen LogP contribution in [-0.2, 0) is 4.79 Å². The maximum absolute atomic E-state index is 12.4. The molecule has 0 aliphatic carbocycles. The highest BCUT2D eigenvalue weighted by Crippen LogP contribution is 2.18. The zero-order valence-corrected chi connectivity index (χ0v) is 10.6. The number of likely N-dealkylation sites (tertiary alicyclic amines) is 1. The van der Waals surface area contributed by atoms with Gasteiger partial charge in [0.25, 0.3) is 5.91 Å². The Morgan fingerprint density at radius 3 is 2.28 bits per heavy atom. The van der Waals surface area contributed by atoms with Crippen LogP contribution in [0.4, 0.5) is 0 Å². The van der Waals surface area contributed by atoms with Gasteiger partial charge in [0, 0.05) is 18.7 Å². The van der Waals surface area contributed by atoms with Gasteiger partial charge in [-0.3, -0.25) is 4.79 Å². The molecular weight excluding hydrogens is 230 g/mol. The number of carbonyl (C=O) groups is 1. The van der Waals surface area contributed by atoms with Gasteiger partial charge >= 0.3 is 0 Å². The first-order chi connectivity index (χ1) is 8.63. The summed E-state index contributed by atoms with van der Waals surface area (Å²) < 4.78 is 0. The van der Waals surface area contributed by atoms with Gasteiger partial charge in [0.1, 0.15) is 12.3 Å². The van der Waals surface area contributed by atoms with E-state index < -0.39 is 0 Å². The number of carbonyl (C=O) groups excluding carboxylic acids is 2. The van der Waals surface area contributed by atoms with Crippen molar-refractivity contribution in [3.63, 3.8) is 0 Å². The molecule has 1 aliphatic rings. The maximum Gasteiger partial charge on any atom is 0.257 e. The van der Waals surface area contributed by atoms with Crippen molar-refractivity contribution in [2.24, 2.45) is 0 Å². The van der Waals surface area contributed by atoms with Crippen LogP contribution in [0.2, 0.25) is 0 Å². The number of piperidine rings is 1. The third-order valence-corrected chi connectivity index (χ3v) is 3.24. The quantitative estimate of drug-likeness (QED) is 0.695. The molecule has 1 aliphatic heterocycles. The summed E-state index contributed by atoms with van der Waals surface area (Å²) in [6.45, 7) is 4.75. The first-order valence-corrected chi connectivity index (χ1v) is 5.94. The first kappa shape index (κ1) is 12.5. The highest BCUT2D eigenvalue weighted by atomic mass is 16.2. The Balaban J connectivity index is 2.20. The van der Waals surface area contributed by atoms with Gasteiger partial charge in [-0.2, -0.15) is 0 Å². The van der Waals surface area contributed by atoms with E-state index in [1.165, 1.54) is 6.33 Å². The van der Waals surface area contributed by atoms with E-state index >= 15 is 0 Å². The molecule has 0 aromatic carbocycles. The lowest BCUT2D eigenvalue weighted by atomic mass is 10.0. The van der Waals surface area contributed by atoms with E-state index in [1.54, 1.807) is 4.90 Å². The lowest BCUT2D eigenvalue weighted by Gasteiger charge is -2.27. The van der Waals surface area contributed by atoms with E-state index in [9.17, 15) is 9.59 Å². The van der Waals surface area contributed by atoms with E-state index in [2.05, 4.69) is 9.97 Å². The van der Waals surface area contributed by atoms with Crippen LogP contribution in [0.25, 0.3) is 0 Å². The number of amides is 1. The average molecular weight is 245 g/mol. The van der Waals surface area contributed by atoms with Crippen molar-refractivity contribution >= 4 is 11.8 Å². The number of rotatable bonds is 1. The van der Waals surface area contributed by atoms with Gasteiger partial charge in [-0.15, -0.1) is 0 Å². The van der Waals surface area contributed by atoms with Crippen molar-refractivity contribution in [2.75, 3.05) is 13.1 Å². The van der Waals surface area contributed by atoms with Crippen LogP contribution in [0, 0.1) is 13.8 Å². The lowest BCUT2D eigenvalue weighted by molar-refractivity contribution is 0.0741. The minimum atomic E-state index is -0.0458. The second kappa shape index (κ2) is 5.10. The molecule has 1 amide bonds. The van der Waals surface area contributed by atoms with Gasteiger partial charge in [0.05, 0.1) is 17.0 Å². The summed E-state index contributed by atoms with van der Waals surface area (Å²) >= 11 is 0. The van der Waals surface area contributed by atoms with Crippen LogP contribution in [0.15, 0.2) is 11.9 Å². The summed E-state index contributed by atoms with van der Waals surface area (Å²) in [5, 5.41) is 0. The lowest BCUT2D eigenvalue weighted by Crippen LogP contribution is -2.37. The predicted molar refractivity (Wildman–Crippen MR) is 65.9 cm³/mol. The molecule has 0 bridgehead atoms. The van der Waals surface area contributed by atoms with Crippen molar-refractivity contribution in [3.05, 3.63) is 28.9 Å². The number of hydrogen-bond acceptors (Lipinski definition) is 4. The van der Waals surface area contributed by atoms with Gasteiger partial charge < -0.3 is 4.90 Å². The summed E-state index contributed by atoms with van der Waals surface area (Å²) in [6.07, 6.45) is 2.69. The van der Waals surface area contributed by atoms with E-state index in [-0.39, 0.29) is 5.91 Å². The van der Waals surface area contributed by atoms with E-state index in [1.807, 2.05) is 19.8 Å². The zero-order valence-electron chi connectivity index (χ0n) is 10.6. The third-order valence-electron chi connectivity index (χ3n) is 3.24. The third kappa shape index (κ3) is 2.31. The Morgan fingerprint density at radius 1 is 1.22 bits per heavy atom. The molecule has 1 aromatic rings.